The molecule has 3 heterocycles. The van der Waals surface area contributed by atoms with Crippen LogP contribution < -0.4 is 0 Å². The minimum absolute atomic E-state index is 0.202. The Morgan fingerprint density at radius 1 is 0.257 bits per heavy atom. The van der Waals surface area contributed by atoms with Gasteiger partial charge in [0.05, 0.1) is 21.9 Å². The summed E-state index contributed by atoms with van der Waals surface area (Å²) in [4.78, 5) is 28.6. The van der Waals surface area contributed by atoms with Crippen LogP contribution in [0, 0.1) is 0 Å². The van der Waals surface area contributed by atoms with Crippen molar-refractivity contribution < 1.29 is 0 Å². The third kappa shape index (κ3) is 9.12. The fourth-order valence-corrected chi connectivity index (χ4v) is 19.3. The second-order valence-electron chi connectivity index (χ2n) is 28.6. The molecule has 0 radical (unpaired) electrons. The third-order valence-corrected chi connectivity index (χ3v) is 23.4. The minimum Gasteiger partial charge on any atom is -0.277 e. The summed E-state index contributed by atoms with van der Waals surface area (Å²) < 4.78 is 2.34. The number of benzene rings is 16. The van der Waals surface area contributed by atoms with Crippen LogP contribution >= 0.6 is 11.6 Å². The first-order valence-corrected chi connectivity index (χ1v) is 37.5. The van der Waals surface area contributed by atoms with Crippen molar-refractivity contribution in [2.45, 2.75) is 17.3 Å². The maximum atomic E-state index is 5.99. The number of nitrogens with zero attached hydrogens (tertiary/aromatic N) is 7. The lowest BCUT2D eigenvalue weighted by Gasteiger charge is -2.32. The summed E-state index contributed by atoms with van der Waals surface area (Å²) in [6.07, 6.45) is 0.985. The quantitative estimate of drug-likeness (QED) is 0.171. The second kappa shape index (κ2) is 24.6. The van der Waals surface area contributed by atoms with Crippen molar-refractivity contribution in [2.75, 3.05) is 0 Å². The summed E-state index contributed by atoms with van der Waals surface area (Å²) in [7, 11) is 0. The van der Waals surface area contributed by atoms with Gasteiger partial charge in [-0.25, -0.2) is 9.97 Å². The molecule has 24 rings (SSSR count). The van der Waals surface area contributed by atoms with Crippen molar-refractivity contribution in [2.24, 2.45) is 0 Å². The van der Waals surface area contributed by atoms with Gasteiger partial charge in [-0.05, 0) is 151 Å². The highest BCUT2D eigenvalue weighted by Crippen LogP contribution is 2.68. The number of halogens is 1. The van der Waals surface area contributed by atoms with Crippen LogP contribution in [-0.4, -0.2) is 34.5 Å². The molecule has 508 valence electrons. The molecule has 0 unspecified atom stereocenters. The number of fused-ring (bicyclic) bond motifs is 34. The Bertz CT molecular complexity index is 6770. The van der Waals surface area contributed by atoms with Crippen LogP contribution in [0.25, 0.3) is 150 Å². The van der Waals surface area contributed by atoms with Gasteiger partial charge in [-0.3, -0.25) is 4.57 Å². The van der Waals surface area contributed by atoms with Gasteiger partial charge in [0.15, 0.2) is 23.3 Å². The highest BCUT2D eigenvalue weighted by molar-refractivity contribution is 6.29. The van der Waals surface area contributed by atoms with Crippen molar-refractivity contribution in [3.63, 3.8) is 0 Å². The van der Waals surface area contributed by atoms with Crippen LogP contribution in [0.2, 0.25) is 5.28 Å². The van der Waals surface area contributed by atoms with E-state index in [0.717, 1.165) is 39.7 Å². The predicted octanol–water partition coefficient (Wildman–Crippen LogP) is 24.4. The lowest BCUT2D eigenvalue weighted by molar-refractivity contribution is 0.784. The van der Waals surface area contributed by atoms with Crippen LogP contribution in [0.4, 0.5) is 0 Å². The number of aromatic nitrogens is 7. The fraction of sp³-hybridized carbons (Fsp3) is 0.0297. The summed E-state index contributed by atoms with van der Waals surface area (Å²) >= 11 is 5.99. The average molecular weight is 1410 g/mol. The largest absolute Gasteiger partial charge is 0.277 e. The molecule has 0 saturated carbocycles. The average Bonchev–Trinajstić information content (AvgIpc) is 1.50. The normalized spacial score (nSPS) is 13.3. The maximum Gasteiger partial charge on any atom is 0.238 e. The summed E-state index contributed by atoms with van der Waals surface area (Å²) in [5.41, 5.74) is 32.4. The van der Waals surface area contributed by atoms with Gasteiger partial charge in [-0.15, -0.1) is 0 Å². The molecule has 3 aromatic heterocycles. The molecule has 109 heavy (non-hydrogen) atoms. The van der Waals surface area contributed by atoms with E-state index in [2.05, 4.69) is 286 Å². The SMILES string of the molecule is Clc1nc(-c2ccccc2)nc(-c2ccccc2)n1.c1ccc(-c2nc(-c3ccccc3)nc(-n3c4ccccc4c4c5ccccc5c5c(c43)C3(c4ccccc4-c4ccccc43)c3ccccc3-5)n2)cc1.c1ccc2c(c1)Cc1c3c(c4ccccc4c1-2)-c1ccccc1C31c2ccccc2-c2ccccc21. The molecule has 0 aliphatic heterocycles. The number of para-hydroxylation sites is 1. The highest BCUT2D eigenvalue weighted by atomic mass is 35.5. The zero-order chi connectivity index (χ0) is 71.9. The summed E-state index contributed by atoms with van der Waals surface area (Å²) in [5, 5.41) is 7.79. The molecule has 0 amide bonds. The zero-order valence-corrected chi connectivity index (χ0v) is 59.6. The van der Waals surface area contributed by atoms with Gasteiger partial charge in [0.2, 0.25) is 11.2 Å². The Morgan fingerprint density at radius 2 is 0.569 bits per heavy atom. The first-order chi connectivity index (χ1) is 54.0. The van der Waals surface area contributed by atoms with E-state index >= 15 is 0 Å². The summed E-state index contributed by atoms with van der Waals surface area (Å²) in [6.45, 7) is 0. The number of hydrogen-bond acceptors (Lipinski definition) is 6. The summed E-state index contributed by atoms with van der Waals surface area (Å²) in [5.74, 6) is 3.03. The van der Waals surface area contributed by atoms with E-state index in [1.165, 1.54) is 144 Å². The molecule has 0 N–H and O–H groups in total. The molecule has 0 fully saturated rings. The van der Waals surface area contributed by atoms with E-state index in [9.17, 15) is 0 Å². The maximum absolute atomic E-state index is 5.99. The standard InChI is InChI=1S/C50H30N4.C36H22.C15H10ClN3/c1-3-17-31(18-4-1)47-51-48(32-19-5-2-6-20-32)53-49(52-47)54-42-30-16-12-26-38(42)44-36-24-8-7-23-35(36)43-37-25-11-15-29-41(37)50(45(43)46(44)54)39-27-13-9-21-33(39)34-22-10-14-28-40(34)50;1-2-12-23-22(11-1)21-29-33(23)26-15-3-4-16-27(26)34-28-17-7-10-20-32(28)36(35(29)34)30-18-8-5-13-24(30)25-14-6-9-19-31(25)36;16-15-18-13(11-7-3-1-4-8-11)17-14(19-15)12-9-5-2-6-10-12/h1-30H;1-20H,21H2;1-10H. The highest BCUT2D eigenvalue weighted by Gasteiger charge is 2.56. The molecule has 7 nitrogen and oxygen atoms in total. The van der Waals surface area contributed by atoms with Crippen LogP contribution in [-0.2, 0) is 17.3 Å². The fourth-order valence-electron chi connectivity index (χ4n) is 19.1. The Balaban J connectivity index is 0.000000114. The van der Waals surface area contributed by atoms with Crippen molar-refractivity contribution in [1.82, 2.24) is 34.5 Å². The van der Waals surface area contributed by atoms with Gasteiger partial charge in [0.25, 0.3) is 0 Å². The minimum atomic E-state index is -0.578. The van der Waals surface area contributed by atoms with Gasteiger partial charge < -0.3 is 0 Å². The first-order valence-electron chi connectivity index (χ1n) is 37.2. The van der Waals surface area contributed by atoms with Crippen molar-refractivity contribution in [3.05, 3.63) is 425 Å². The molecule has 19 aromatic rings. The van der Waals surface area contributed by atoms with Crippen molar-refractivity contribution in [3.8, 4) is 107 Å². The van der Waals surface area contributed by atoms with E-state index in [0.29, 0.717) is 29.2 Å². The van der Waals surface area contributed by atoms with Crippen LogP contribution in [0.5, 0.6) is 0 Å². The third-order valence-electron chi connectivity index (χ3n) is 23.2. The Kier molecular flexibility index (Phi) is 14.1. The molecule has 0 atom stereocenters. The molecular formula is C101H62ClN7. The van der Waals surface area contributed by atoms with E-state index in [4.69, 9.17) is 26.6 Å². The van der Waals surface area contributed by atoms with E-state index in [1.807, 2.05) is 97.1 Å². The van der Waals surface area contributed by atoms with Gasteiger partial charge in [0, 0.05) is 38.6 Å². The van der Waals surface area contributed by atoms with Crippen molar-refractivity contribution >= 4 is 55.0 Å². The Morgan fingerprint density at radius 3 is 1.02 bits per heavy atom. The van der Waals surface area contributed by atoms with Gasteiger partial charge in [0.1, 0.15) is 0 Å². The molecule has 8 heteroatoms. The molecular weight excluding hydrogens is 1350 g/mol. The van der Waals surface area contributed by atoms with E-state index < -0.39 is 5.41 Å². The molecule has 0 bridgehead atoms. The predicted molar refractivity (Wildman–Crippen MR) is 443 cm³/mol. The molecule has 5 aliphatic carbocycles. The lowest BCUT2D eigenvalue weighted by Crippen LogP contribution is -2.27. The van der Waals surface area contributed by atoms with E-state index in [-0.39, 0.29) is 10.7 Å². The van der Waals surface area contributed by atoms with Crippen molar-refractivity contribution in [1.29, 1.82) is 0 Å². The van der Waals surface area contributed by atoms with Crippen LogP contribution in [0.1, 0.15) is 55.6 Å². The lowest BCUT2D eigenvalue weighted by atomic mass is 9.68. The van der Waals surface area contributed by atoms with Gasteiger partial charge >= 0.3 is 0 Å². The summed E-state index contributed by atoms with van der Waals surface area (Å²) in [6, 6.07) is 130. The number of hydrogen-bond donors (Lipinski definition) is 0. The topological polar surface area (TPSA) is 82.3 Å². The van der Waals surface area contributed by atoms with Crippen LogP contribution in [0.3, 0.4) is 0 Å². The zero-order valence-electron chi connectivity index (χ0n) is 58.9. The smallest absolute Gasteiger partial charge is 0.238 e. The Hall–Kier alpha value is -13.9. The Labute approximate surface area is 634 Å². The second-order valence-corrected chi connectivity index (χ2v) is 29.0. The number of rotatable bonds is 5. The molecule has 16 aromatic carbocycles. The molecule has 5 aliphatic rings. The van der Waals surface area contributed by atoms with Gasteiger partial charge in [-0.1, -0.05) is 358 Å². The monoisotopic (exact) mass is 1410 g/mol. The molecule has 0 saturated heterocycles. The van der Waals surface area contributed by atoms with E-state index in [1.54, 1.807) is 0 Å². The first kappa shape index (κ1) is 62.5. The van der Waals surface area contributed by atoms with Crippen LogP contribution in [0.15, 0.2) is 364 Å². The molecule has 2 spiro atoms. The van der Waals surface area contributed by atoms with Gasteiger partial charge in [-0.2, -0.15) is 19.9 Å².